The highest BCUT2D eigenvalue weighted by Crippen LogP contribution is 2.42. The SMILES string of the molecule is CC(=O)N[C@@H]1[C@@H](O)[C@H](O[C@@H]2O[C@H](CO)[C@@H](O[C@@H]3O[C@H](CO[C@H]4O[C@H](CO)[C@@H](O)[C@H](O)[C@@H]4O[C@@H]4O[C@H](CO)[C@@H](O)[C@H](O)[C@H]4NC(C)=O)[C@@H](O[C@@H]4O[C@H](CO)[C@@H](O)[C@H](O)[C@H]4NC(C)=O)[C@H](O[C@H]4O[C@H](CO)[C@@H](O)[C@H](O)[C@@H]4O[C@@H]4O[C@H](CO)[C@@H](O)[C@H](O[C@@H]5O[C@@H](C)[C@@H](O)[C@@H](O)[C@@H]5O)[C@H]4NC(C)=O)[C@@H]3O)[C@H](O)[C@H]2NC(C)=O)[C@@H](CO[C@@H]2O[C@@H](C)[C@@H](O)[C@@H](O)[C@@H]2O)O[C@H]1O. The highest BCUT2D eigenvalue weighted by atomic mass is 16.8. The lowest BCUT2D eigenvalue weighted by atomic mass is 9.93. The third kappa shape index (κ3) is 22.7. The van der Waals surface area contributed by atoms with E-state index in [0.717, 1.165) is 34.6 Å². The van der Waals surface area contributed by atoms with Crippen molar-refractivity contribution in [1.82, 2.24) is 26.6 Å². The van der Waals surface area contributed by atoms with E-state index < -0.39 is 389 Å². The first kappa shape index (κ1) is 102. The zero-order chi connectivity index (χ0) is 91.4. The van der Waals surface area contributed by atoms with Crippen LogP contribution in [0.15, 0.2) is 0 Å². The molecule has 50 atom stereocenters. The van der Waals surface area contributed by atoms with Gasteiger partial charge in [0, 0.05) is 34.6 Å². The van der Waals surface area contributed by atoms with Gasteiger partial charge in [-0.25, -0.2) is 0 Å². The van der Waals surface area contributed by atoms with Crippen LogP contribution in [0.2, 0.25) is 0 Å². The van der Waals surface area contributed by atoms with E-state index >= 15 is 0 Å². The van der Waals surface area contributed by atoms with Crippen molar-refractivity contribution in [2.45, 2.75) is 355 Å². The Kier molecular flexibility index (Phi) is 36.3. The molecular formula is C70H117N5O49. The summed E-state index contributed by atoms with van der Waals surface area (Å²) in [5.41, 5.74) is 0. The molecule has 0 saturated carbocycles. The van der Waals surface area contributed by atoms with Gasteiger partial charge in [-0.3, -0.25) is 24.0 Å². The van der Waals surface area contributed by atoms with Crippen LogP contribution in [0, 0.1) is 0 Å². The maximum atomic E-state index is 13.4. The van der Waals surface area contributed by atoms with Crippen molar-refractivity contribution < 1.29 is 242 Å². The van der Waals surface area contributed by atoms with E-state index in [4.69, 9.17) is 90.0 Å². The topological polar surface area (TPSA) is 827 Å². The largest absolute Gasteiger partial charge is 0.394 e. The van der Waals surface area contributed by atoms with E-state index in [1.807, 2.05) is 0 Å². The Balaban J connectivity index is 1.09. The molecule has 10 fully saturated rings. The molecule has 0 aromatic rings. The zero-order valence-corrected chi connectivity index (χ0v) is 67.5. The predicted octanol–water partition coefficient (Wildman–Crippen LogP) is -20.0. The molecule has 0 aliphatic carbocycles. The van der Waals surface area contributed by atoms with Gasteiger partial charge in [0.2, 0.25) is 29.5 Å². The fraction of sp³-hybridized carbons (Fsp3) is 0.929. The van der Waals surface area contributed by atoms with Gasteiger partial charge in [0.15, 0.2) is 62.9 Å². The Bertz CT molecular complexity index is 3400. The van der Waals surface area contributed by atoms with Gasteiger partial charge in [-0.15, -0.1) is 0 Å². The summed E-state index contributed by atoms with van der Waals surface area (Å²) in [5.74, 6) is -4.75. The average Bonchev–Trinajstić information content (AvgIpc) is 0.757. The Labute approximate surface area is 703 Å². The van der Waals surface area contributed by atoms with Crippen LogP contribution < -0.4 is 26.6 Å². The van der Waals surface area contributed by atoms with Crippen molar-refractivity contribution >= 4 is 29.5 Å². The molecule has 0 aromatic carbocycles. The molecule has 0 spiro atoms. The van der Waals surface area contributed by atoms with Crippen molar-refractivity contribution in [2.75, 3.05) is 52.9 Å². The van der Waals surface area contributed by atoms with Crippen LogP contribution in [0.5, 0.6) is 0 Å². The molecule has 0 aromatic heterocycles. The van der Waals surface area contributed by atoms with Gasteiger partial charge >= 0.3 is 0 Å². The standard InChI is InChI=1S/C70H117N5O49/c1-16-36(87)47(98)51(102)66(108-16)106-14-29-55(45(96)31(61(105)110-29)71-18(3)82)118-64-34(74-21(6)85)46(97)54(28(13-81)116-64)119-68-53(104)58(122-70-60(50(101)41(92)26(11-79)115-70)124-65-35(75-22(7)86)57(42(93)27(12-80)113-65)121-67-52(103)48(99)37(88)17(2)109-67)56(120-62-32(72-19(4)83)43(94)38(89)23(8-76)111-62)30(117-68)15-107-69-59(49(100)40(91)25(10-78)114-69)123-63-33(73-20(5)84)44(95)39(90)24(9-77)112-63/h16-17,23-70,76-81,87-105H,8-15H2,1-7H3,(H,71,82)(H,72,83)(H,73,84)(H,74,85)(H,75,86)/t16-,17-,23+,24+,25+,26+,27+,28+,29+,30+,31+,32+,33+,34+,35+,36+,37+,38+,39+,40+,41+,42+,43+,44+,45+,46+,47+,48+,49-,50-,51-,52-,53-,54+,55+,56+,57+,58+,59-,60-,61+,62-,63-,64-,65-,66+,67-,68-,69-,70+/m0/s1. The number of carbonyl (C=O) groups is 5. The Morgan fingerprint density at radius 2 is 0.516 bits per heavy atom. The van der Waals surface area contributed by atoms with Crippen LogP contribution in [-0.4, -0.2) is 517 Å². The van der Waals surface area contributed by atoms with Crippen molar-refractivity contribution in [2.24, 2.45) is 0 Å². The number of amides is 5. The van der Waals surface area contributed by atoms with Gasteiger partial charge in [0.1, 0.15) is 232 Å². The minimum Gasteiger partial charge on any atom is -0.394 e. The van der Waals surface area contributed by atoms with E-state index in [0.29, 0.717) is 0 Å². The number of ether oxygens (including phenoxy) is 19. The molecule has 0 unspecified atom stereocenters. The number of aliphatic hydroxyl groups is 25. The number of rotatable bonds is 31. The summed E-state index contributed by atoms with van der Waals surface area (Å²) < 4.78 is 116. The summed E-state index contributed by atoms with van der Waals surface area (Å²) in [6, 6.07) is -9.69. The van der Waals surface area contributed by atoms with Crippen LogP contribution in [0.4, 0.5) is 0 Å². The summed E-state index contributed by atoms with van der Waals surface area (Å²) in [6.07, 6.45) is -94.8. The minimum atomic E-state index is -2.77. The lowest BCUT2D eigenvalue weighted by Gasteiger charge is -2.52. The van der Waals surface area contributed by atoms with Crippen molar-refractivity contribution in [3.63, 3.8) is 0 Å². The predicted molar refractivity (Wildman–Crippen MR) is 385 cm³/mol. The molecule has 5 amide bonds. The smallest absolute Gasteiger partial charge is 0.217 e. The van der Waals surface area contributed by atoms with E-state index in [1.165, 1.54) is 13.8 Å². The average molecular weight is 1810 g/mol. The van der Waals surface area contributed by atoms with Crippen LogP contribution in [-0.2, 0) is 114 Å². The highest BCUT2D eigenvalue weighted by molar-refractivity contribution is 5.75. The molecule has 0 radical (unpaired) electrons. The van der Waals surface area contributed by atoms with E-state index in [-0.39, 0.29) is 0 Å². The first-order chi connectivity index (χ1) is 58.5. The number of hydrogen-bond donors (Lipinski definition) is 30. The maximum Gasteiger partial charge on any atom is 0.217 e. The molecule has 10 saturated heterocycles. The second-order valence-electron chi connectivity index (χ2n) is 31.7. The summed E-state index contributed by atoms with van der Waals surface area (Å²) >= 11 is 0. The Morgan fingerprint density at radius 3 is 0.976 bits per heavy atom. The molecule has 124 heavy (non-hydrogen) atoms. The van der Waals surface area contributed by atoms with E-state index in [1.54, 1.807) is 0 Å². The fourth-order valence-electron chi connectivity index (χ4n) is 16.1. The molecule has 54 nitrogen and oxygen atoms in total. The van der Waals surface area contributed by atoms with Gasteiger partial charge in [-0.1, -0.05) is 0 Å². The Hall–Kier alpha value is -4.41. The summed E-state index contributed by atoms with van der Waals surface area (Å²) in [4.78, 5) is 65.1. The third-order valence-corrected chi connectivity index (χ3v) is 22.8. The first-order valence-corrected chi connectivity index (χ1v) is 39.8. The van der Waals surface area contributed by atoms with Crippen LogP contribution in [0.3, 0.4) is 0 Å². The monoisotopic (exact) mass is 1810 g/mol. The molecular weight excluding hydrogens is 1690 g/mol. The molecule has 10 heterocycles. The normalized spacial score (nSPS) is 49.0. The maximum absolute atomic E-state index is 13.4. The zero-order valence-electron chi connectivity index (χ0n) is 67.5. The van der Waals surface area contributed by atoms with Crippen molar-refractivity contribution in [3.8, 4) is 0 Å². The minimum absolute atomic E-state index is 0.861. The molecule has 54 heteroatoms. The van der Waals surface area contributed by atoms with Crippen LogP contribution in [0.1, 0.15) is 48.5 Å². The number of hydrogen-bond acceptors (Lipinski definition) is 49. The van der Waals surface area contributed by atoms with Gasteiger partial charge in [0.25, 0.3) is 0 Å². The first-order valence-electron chi connectivity index (χ1n) is 39.8. The summed E-state index contributed by atoms with van der Waals surface area (Å²) in [7, 11) is 0. The second kappa shape index (κ2) is 44.2. The molecule has 10 aliphatic heterocycles. The van der Waals surface area contributed by atoms with Gasteiger partial charge in [-0.2, -0.15) is 0 Å². The fourth-order valence-corrected chi connectivity index (χ4v) is 16.1. The van der Waals surface area contributed by atoms with Gasteiger partial charge in [0.05, 0.1) is 65.1 Å². The quantitative estimate of drug-likeness (QED) is 0.0306. The van der Waals surface area contributed by atoms with E-state index in [2.05, 4.69) is 26.6 Å². The van der Waals surface area contributed by atoms with E-state index in [9.17, 15) is 152 Å². The number of nitrogens with one attached hydrogen (secondary N) is 5. The lowest BCUT2D eigenvalue weighted by molar-refractivity contribution is -0.408. The number of aliphatic hydroxyl groups excluding tert-OH is 25. The molecule has 10 rings (SSSR count). The molecule has 716 valence electrons. The van der Waals surface area contributed by atoms with Crippen molar-refractivity contribution in [3.05, 3.63) is 0 Å². The summed E-state index contributed by atoms with van der Waals surface area (Å²) in [6.45, 7) is -2.05. The second-order valence-corrected chi connectivity index (χ2v) is 31.7. The molecule has 10 aliphatic rings. The van der Waals surface area contributed by atoms with Crippen molar-refractivity contribution in [1.29, 1.82) is 0 Å². The van der Waals surface area contributed by atoms with Crippen LogP contribution >= 0.6 is 0 Å². The van der Waals surface area contributed by atoms with Gasteiger partial charge in [-0.05, 0) is 13.8 Å². The highest BCUT2D eigenvalue weighted by Gasteiger charge is 2.62. The number of carbonyl (C=O) groups excluding carboxylic acids is 5. The lowest BCUT2D eigenvalue weighted by Crippen LogP contribution is -2.72. The third-order valence-electron chi connectivity index (χ3n) is 22.8. The van der Waals surface area contributed by atoms with Gasteiger partial charge < -0.3 is 244 Å². The molecule has 0 bridgehead atoms. The van der Waals surface area contributed by atoms with Crippen LogP contribution in [0.25, 0.3) is 0 Å². The summed E-state index contributed by atoms with van der Waals surface area (Å²) in [5, 5.41) is 295. The molecule has 30 N–H and O–H groups in total. The Morgan fingerprint density at radius 1 is 0.226 bits per heavy atom.